The lowest BCUT2D eigenvalue weighted by molar-refractivity contribution is -0.473. The predicted octanol–water partition coefficient (Wildman–Crippen LogP) is 4.44. The first-order chi connectivity index (χ1) is 9.87. The molecular formula is C11H10F7O3P. The molecule has 1 aromatic carbocycles. The first-order valence-electron chi connectivity index (χ1n) is 5.53. The topological polar surface area (TPSA) is 38.7 Å². The zero-order valence-electron chi connectivity index (χ0n) is 10.8. The summed E-state index contributed by atoms with van der Waals surface area (Å²) in [7, 11) is -2.56. The fraction of sp³-hybridized carbons (Fsp3) is 0.455. The van der Waals surface area contributed by atoms with Crippen LogP contribution in [-0.2, 0) is 9.26 Å². The minimum absolute atomic E-state index is 0.540. The van der Waals surface area contributed by atoms with E-state index < -0.39 is 38.4 Å². The Kier molecular flexibility index (Phi) is 5.77. The lowest BCUT2D eigenvalue weighted by Crippen LogP contribution is -2.50. The molecule has 0 aromatic heterocycles. The summed E-state index contributed by atoms with van der Waals surface area (Å²) in [4.78, 5) is 9.05. The second-order valence-corrected chi connectivity index (χ2v) is 5.19. The molecule has 0 saturated heterocycles. The molecule has 126 valence electrons. The van der Waals surface area contributed by atoms with Crippen molar-refractivity contribution in [1.29, 1.82) is 0 Å². The number of ether oxygens (including phenoxy) is 1. The number of hydrogen-bond acceptors (Lipinski definition) is 3. The van der Waals surface area contributed by atoms with E-state index in [1.807, 2.05) is 0 Å². The maximum atomic E-state index is 13.8. The van der Waals surface area contributed by atoms with E-state index in [4.69, 9.17) is 4.89 Å². The third-order valence-corrected chi connectivity index (χ3v) is 2.84. The van der Waals surface area contributed by atoms with Gasteiger partial charge in [0.25, 0.3) is 0 Å². The van der Waals surface area contributed by atoms with E-state index in [9.17, 15) is 30.7 Å². The van der Waals surface area contributed by atoms with Crippen molar-refractivity contribution in [3.05, 3.63) is 35.9 Å². The van der Waals surface area contributed by atoms with E-state index in [-0.39, 0.29) is 0 Å². The highest BCUT2D eigenvalue weighted by Crippen LogP contribution is 2.51. The summed E-state index contributed by atoms with van der Waals surface area (Å²) in [5.41, 5.74) is -0.540. The Hall–Kier alpha value is -0.960. The van der Waals surface area contributed by atoms with Gasteiger partial charge in [-0.3, -0.25) is 0 Å². The van der Waals surface area contributed by atoms with Crippen LogP contribution in [0, 0.1) is 0 Å². The molecule has 1 aromatic rings. The number of alkyl halides is 7. The average molecular weight is 354 g/mol. The second kappa shape index (κ2) is 6.66. The summed E-state index contributed by atoms with van der Waals surface area (Å²) >= 11 is 0. The Labute approximate surface area is 121 Å². The molecule has 1 rings (SSSR count). The minimum atomic E-state index is -5.98. The third-order valence-electron chi connectivity index (χ3n) is 2.32. The minimum Gasteiger partial charge on any atom is -0.350 e. The van der Waals surface area contributed by atoms with Crippen molar-refractivity contribution in [1.82, 2.24) is 0 Å². The van der Waals surface area contributed by atoms with E-state index >= 15 is 0 Å². The van der Waals surface area contributed by atoms with Gasteiger partial charge in [-0.15, -0.1) is 13.2 Å². The van der Waals surface area contributed by atoms with Gasteiger partial charge in [-0.1, -0.05) is 30.3 Å². The molecule has 2 unspecified atom stereocenters. The van der Waals surface area contributed by atoms with E-state index in [1.165, 1.54) is 18.2 Å². The number of halogens is 7. The molecule has 2 atom stereocenters. The standard InChI is InChI=1S/C11H10F7O3P/c1-22(19)20-8(7-5-3-2-4-6-7)9(12,13)10(14,15)21-11(16,17)18/h2-6,8,19H,1H3. The lowest BCUT2D eigenvalue weighted by Gasteiger charge is -2.33. The highest BCUT2D eigenvalue weighted by Gasteiger charge is 2.67. The summed E-state index contributed by atoms with van der Waals surface area (Å²) < 4.78 is 96.4. The van der Waals surface area contributed by atoms with Gasteiger partial charge in [-0.2, -0.15) is 17.6 Å². The normalized spacial score (nSPS) is 16.4. The van der Waals surface area contributed by atoms with Crippen LogP contribution in [0.2, 0.25) is 0 Å². The summed E-state index contributed by atoms with van der Waals surface area (Å²) in [6, 6.07) is 5.65. The van der Waals surface area contributed by atoms with Gasteiger partial charge in [0, 0.05) is 6.66 Å². The van der Waals surface area contributed by atoms with Crippen molar-refractivity contribution in [2.75, 3.05) is 6.66 Å². The zero-order valence-corrected chi connectivity index (χ0v) is 11.7. The Morgan fingerprint density at radius 1 is 1.00 bits per heavy atom. The summed E-state index contributed by atoms with van der Waals surface area (Å²) in [6.45, 7) is 0.907. The lowest BCUT2D eigenvalue weighted by atomic mass is 10.0. The number of rotatable bonds is 6. The Bertz CT molecular complexity index is 478. The summed E-state index contributed by atoms with van der Waals surface area (Å²) in [6.07, 6.45) is -14.7. The average Bonchev–Trinajstić information content (AvgIpc) is 2.33. The predicted molar refractivity (Wildman–Crippen MR) is 62.4 cm³/mol. The van der Waals surface area contributed by atoms with Crippen molar-refractivity contribution >= 4 is 8.38 Å². The van der Waals surface area contributed by atoms with Crippen LogP contribution < -0.4 is 0 Å². The quantitative estimate of drug-likeness (QED) is 0.606. The Balaban J connectivity index is 3.21. The highest BCUT2D eigenvalue weighted by molar-refractivity contribution is 7.45. The first kappa shape index (κ1) is 19.1. The van der Waals surface area contributed by atoms with Crippen molar-refractivity contribution in [3.63, 3.8) is 0 Å². The molecule has 0 amide bonds. The molecule has 11 heteroatoms. The second-order valence-electron chi connectivity index (χ2n) is 4.05. The zero-order chi connectivity index (χ0) is 17.2. The molecule has 0 aliphatic rings. The molecule has 0 heterocycles. The maximum Gasteiger partial charge on any atom is 0.527 e. The van der Waals surface area contributed by atoms with Crippen LogP contribution in [0.5, 0.6) is 0 Å². The van der Waals surface area contributed by atoms with E-state index in [1.54, 1.807) is 0 Å². The molecule has 0 spiro atoms. The van der Waals surface area contributed by atoms with Gasteiger partial charge in [-0.25, -0.2) is 4.74 Å². The van der Waals surface area contributed by atoms with E-state index in [0.717, 1.165) is 18.8 Å². The number of benzene rings is 1. The van der Waals surface area contributed by atoms with Gasteiger partial charge in [0.2, 0.25) is 0 Å². The molecule has 0 aliphatic heterocycles. The Morgan fingerprint density at radius 2 is 1.50 bits per heavy atom. The van der Waals surface area contributed by atoms with Crippen LogP contribution in [-0.4, -0.2) is 30.0 Å². The van der Waals surface area contributed by atoms with Crippen LogP contribution in [0.3, 0.4) is 0 Å². The van der Waals surface area contributed by atoms with Crippen LogP contribution in [0.15, 0.2) is 30.3 Å². The van der Waals surface area contributed by atoms with Gasteiger partial charge >= 0.3 is 18.4 Å². The van der Waals surface area contributed by atoms with Gasteiger partial charge in [-0.05, 0) is 5.56 Å². The molecule has 0 fully saturated rings. The SMILES string of the molecule is CP(O)OC(c1ccccc1)C(F)(F)C(F)(F)OC(F)(F)F. The van der Waals surface area contributed by atoms with Crippen LogP contribution in [0.1, 0.15) is 11.7 Å². The summed E-state index contributed by atoms with van der Waals surface area (Å²) in [5.74, 6) is -5.39. The van der Waals surface area contributed by atoms with Crippen LogP contribution in [0.25, 0.3) is 0 Å². The van der Waals surface area contributed by atoms with Crippen molar-refractivity contribution < 1.29 is 44.9 Å². The van der Waals surface area contributed by atoms with Crippen molar-refractivity contribution in [3.8, 4) is 0 Å². The van der Waals surface area contributed by atoms with Crippen LogP contribution in [0.4, 0.5) is 30.7 Å². The molecular weight excluding hydrogens is 344 g/mol. The largest absolute Gasteiger partial charge is 0.527 e. The molecule has 0 radical (unpaired) electrons. The molecule has 0 bridgehead atoms. The van der Waals surface area contributed by atoms with E-state index in [2.05, 4.69) is 9.26 Å². The molecule has 1 N–H and O–H groups in total. The smallest absolute Gasteiger partial charge is 0.350 e. The van der Waals surface area contributed by atoms with Gasteiger partial charge in [0.15, 0.2) is 14.5 Å². The van der Waals surface area contributed by atoms with Gasteiger partial charge < -0.3 is 9.42 Å². The monoisotopic (exact) mass is 354 g/mol. The molecule has 0 aliphatic carbocycles. The van der Waals surface area contributed by atoms with Crippen molar-refractivity contribution in [2.45, 2.75) is 24.5 Å². The van der Waals surface area contributed by atoms with Crippen molar-refractivity contribution in [2.24, 2.45) is 0 Å². The summed E-state index contributed by atoms with van der Waals surface area (Å²) in [5, 5.41) is 0. The molecule has 22 heavy (non-hydrogen) atoms. The fourth-order valence-corrected chi connectivity index (χ4v) is 2.04. The number of hydrogen-bond donors (Lipinski definition) is 1. The van der Waals surface area contributed by atoms with Crippen LogP contribution >= 0.6 is 8.38 Å². The molecule has 0 saturated carbocycles. The van der Waals surface area contributed by atoms with Gasteiger partial charge in [0.1, 0.15) is 0 Å². The van der Waals surface area contributed by atoms with E-state index in [0.29, 0.717) is 0 Å². The maximum absolute atomic E-state index is 13.8. The third kappa shape index (κ3) is 4.77. The van der Waals surface area contributed by atoms with Gasteiger partial charge in [0.05, 0.1) is 0 Å². The molecule has 3 nitrogen and oxygen atoms in total. The highest BCUT2D eigenvalue weighted by atomic mass is 31.2. The fourth-order valence-electron chi connectivity index (χ4n) is 1.48. The Morgan fingerprint density at radius 3 is 1.91 bits per heavy atom. The first-order valence-corrected chi connectivity index (χ1v) is 7.19.